The van der Waals surface area contributed by atoms with Gasteiger partial charge in [0.25, 0.3) is 0 Å². The van der Waals surface area contributed by atoms with E-state index in [4.69, 9.17) is 14.1 Å². The van der Waals surface area contributed by atoms with Gasteiger partial charge in [0, 0.05) is 30.2 Å². The molecule has 0 radical (unpaired) electrons. The molecule has 4 aromatic rings. The molecule has 0 N–H and O–H groups in total. The summed E-state index contributed by atoms with van der Waals surface area (Å²) in [5.41, 5.74) is 7.72. The number of carbonyl (C=O) groups is 2. The minimum Gasteiger partial charge on any atom is -0.464 e. The Hall–Kier alpha value is -4.08. The number of carbonyl (C=O) groups excluding carboxylic acids is 2. The lowest BCUT2D eigenvalue weighted by atomic mass is 9.80. The maximum Gasteiger partial charge on any atom is 0.320 e. The lowest BCUT2D eigenvalue weighted by Gasteiger charge is -2.25. The molecule has 0 bridgehead atoms. The molecule has 5 rings (SSSR count). The fourth-order valence-corrected chi connectivity index (χ4v) is 6.66. The Kier molecular flexibility index (Phi) is 16.6. The number of benzene rings is 1. The Balaban J connectivity index is 0.000000485. The number of thiazole rings is 1. The van der Waals surface area contributed by atoms with Crippen LogP contribution in [0.3, 0.4) is 0 Å². The molecule has 1 aromatic carbocycles. The van der Waals surface area contributed by atoms with Crippen molar-refractivity contribution in [3.8, 4) is 10.6 Å². The number of rotatable bonds is 11. The van der Waals surface area contributed by atoms with Gasteiger partial charge in [0.2, 0.25) is 0 Å². The number of nitrogens with zero attached hydrogens (tertiary/aromatic N) is 3. The van der Waals surface area contributed by atoms with Crippen molar-refractivity contribution in [1.29, 1.82) is 0 Å². The number of hydrogen-bond donors (Lipinski definition) is 0. The van der Waals surface area contributed by atoms with E-state index in [1.165, 1.54) is 42.2 Å². The average Bonchev–Trinajstić information content (AvgIpc) is 3.77. The summed E-state index contributed by atoms with van der Waals surface area (Å²) in [5, 5.41) is 4.65. The zero-order valence-corrected chi connectivity index (χ0v) is 31.9. The van der Waals surface area contributed by atoms with Crippen LogP contribution in [0, 0.1) is 24.7 Å². The maximum absolute atomic E-state index is 11.7. The first-order chi connectivity index (χ1) is 24.0. The maximum atomic E-state index is 11.7. The van der Waals surface area contributed by atoms with E-state index < -0.39 is 5.91 Å². The number of pyridine rings is 1. The number of ketones is 1. The Morgan fingerprint density at radius 3 is 2.20 bits per heavy atom. The number of furan rings is 1. The highest BCUT2D eigenvalue weighted by atomic mass is 32.1. The molecule has 3 aromatic heterocycles. The van der Waals surface area contributed by atoms with Gasteiger partial charge in [-0.15, -0.1) is 16.2 Å². The van der Waals surface area contributed by atoms with Crippen molar-refractivity contribution in [2.45, 2.75) is 107 Å². The average molecular weight is 700 g/mol. The summed E-state index contributed by atoms with van der Waals surface area (Å²) in [6.45, 7) is 17.7. The monoisotopic (exact) mass is 699 g/mol. The summed E-state index contributed by atoms with van der Waals surface area (Å²) >= 11 is 1.68. The number of fused-ring (bicyclic) bond motifs is 1. The highest BCUT2D eigenvalue weighted by Gasteiger charge is 2.21. The molecule has 50 heavy (non-hydrogen) atoms. The largest absolute Gasteiger partial charge is 0.464 e. The summed E-state index contributed by atoms with van der Waals surface area (Å²) in [6, 6.07) is 12.3. The van der Waals surface area contributed by atoms with Crippen LogP contribution in [0.1, 0.15) is 125 Å². The van der Waals surface area contributed by atoms with Crippen LogP contribution in [-0.2, 0) is 9.53 Å². The van der Waals surface area contributed by atoms with Crippen LogP contribution in [0.2, 0.25) is 0 Å². The first-order valence-electron chi connectivity index (χ1n) is 17.8. The number of amides is 1. The van der Waals surface area contributed by atoms with E-state index in [1.54, 1.807) is 24.3 Å². The van der Waals surface area contributed by atoms with Gasteiger partial charge in [0.1, 0.15) is 17.8 Å². The minimum absolute atomic E-state index is 0.174. The zero-order valence-electron chi connectivity index (χ0n) is 31.1. The minimum atomic E-state index is -0.819. The fraction of sp³-hybridized carbons (Fsp3) is 0.463. The fourth-order valence-electron chi connectivity index (χ4n) is 5.77. The molecule has 0 saturated heterocycles. The van der Waals surface area contributed by atoms with Crippen LogP contribution in [0.25, 0.3) is 32.6 Å². The normalized spacial score (nSPS) is 13.9. The molecule has 9 heteroatoms. The highest BCUT2D eigenvalue weighted by molar-refractivity contribution is 7.15. The molecular weight excluding hydrogens is 647 g/mol. The first-order valence-corrected chi connectivity index (χ1v) is 18.6. The van der Waals surface area contributed by atoms with Gasteiger partial charge in [-0.05, 0) is 113 Å². The van der Waals surface area contributed by atoms with Crippen LogP contribution >= 0.6 is 11.3 Å². The van der Waals surface area contributed by atoms with Crippen molar-refractivity contribution in [2.24, 2.45) is 11.1 Å². The lowest BCUT2D eigenvalue weighted by molar-refractivity contribution is -0.116. The number of nitroso groups, excluding NO2 is 1. The molecule has 0 aliphatic heterocycles. The first kappa shape index (κ1) is 40.4. The van der Waals surface area contributed by atoms with Crippen molar-refractivity contribution >= 4 is 45.1 Å². The van der Waals surface area contributed by atoms with Gasteiger partial charge >= 0.3 is 5.91 Å². The number of allylic oxidation sites excluding steroid dienone is 4. The summed E-state index contributed by atoms with van der Waals surface area (Å²) in [4.78, 5) is 42.7. The molecule has 1 saturated carbocycles. The number of aryl methyl sites for hydroxylation is 2. The van der Waals surface area contributed by atoms with Gasteiger partial charge in [-0.2, -0.15) is 0 Å². The van der Waals surface area contributed by atoms with Gasteiger partial charge in [-0.25, -0.2) is 9.97 Å². The van der Waals surface area contributed by atoms with Gasteiger partial charge in [-0.3, -0.25) is 4.79 Å². The van der Waals surface area contributed by atoms with Crippen LogP contribution in [0.5, 0.6) is 0 Å². The molecule has 1 aliphatic rings. The number of hydrogen-bond acceptors (Lipinski definition) is 8. The highest BCUT2D eigenvalue weighted by Crippen LogP contribution is 2.37. The molecule has 0 atom stereocenters. The molecule has 3 heterocycles. The van der Waals surface area contributed by atoms with E-state index in [0.29, 0.717) is 18.1 Å². The van der Waals surface area contributed by atoms with Gasteiger partial charge in [0.15, 0.2) is 0 Å². The Bertz CT molecular complexity index is 1790. The van der Waals surface area contributed by atoms with Crippen molar-refractivity contribution in [2.75, 3.05) is 13.2 Å². The van der Waals surface area contributed by atoms with E-state index in [1.807, 2.05) is 27.7 Å². The Morgan fingerprint density at radius 1 is 0.940 bits per heavy atom. The van der Waals surface area contributed by atoms with Crippen LogP contribution in [-0.4, -0.2) is 34.9 Å². The number of aromatic nitrogens is 2. The van der Waals surface area contributed by atoms with Crippen LogP contribution in [0.4, 0.5) is 0 Å². The van der Waals surface area contributed by atoms with Gasteiger partial charge in [-0.1, -0.05) is 58.2 Å². The van der Waals surface area contributed by atoms with Crippen molar-refractivity contribution in [3.05, 3.63) is 86.8 Å². The molecular formula is C41H53N3O5S. The summed E-state index contributed by atoms with van der Waals surface area (Å²) in [6.07, 6.45) is 12.5. The lowest BCUT2D eigenvalue weighted by Crippen LogP contribution is -2.10. The van der Waals surface area contributed by atoms with E-state index in [0.717, 1.165) is 76.6 Å². The van der Waals surface area contributed by atoms with Crippen molar-refractivity contribution in [3.63, 3.8) is 0 Å². The van der Waals surface area contributed by atoms with Gasteiger partial charge < -0.3 is 13.9 Å². The molecule has 1 amide bonds. The predicted octanol–water partition coefficient (Wildman–Crippen LogP) is 11.7. The Labute approximate surface area is 301 Å². The second-order valence-corrected chi connectivity index (χ2v) is 14.0. The summed E-state index contributed by atoms with van der Waals surface area (Å²) in [5.74, 6) is 0.465. The quantitative estimate of drug-likeness (QED) is 0.0870. The van der Waals surface area contributed by atoms with E-state index >= 15 is 0 Å². The van der Waals surface area contributed by atoms with Crippen molar-refractivity contribution in [1.82, 2.24) is 9.97 Å². The van der Waals surface area contributed by atoms with E-state index in [-0.39, 0.29) is 11.3 Å². The number of Topliss-reactive ketones (excluding diaryl/α,β-unsaturated/α-hetero) is 1. The molecule has 0 spiro atoms. The smallest absolute Gasteiger partial charge is 0.320 e. The second kappa shape index (κ2) is 20.6. The topological polar surface area (TPSA) is 112 Å². The SMILES string of the molecule is C/C(=C\C(=C(/C)c1ccc2nc(-c3sc(C)nc3C)ccc2c1)C1CCCCC1)c1cc(C(=O)N=O)co1.CCC(C)=O.CCCOCCC. The molecule has 1 fully saturated rings. The van der Waals surface area contributed by atoms with E-state index in [2.05, 4.69) is 67.3 Å². The number of ether oxygens (including phenoxy) is 1. The third-order valence-corrected chi connectivity index (χ3v) is 9.72. The van der Waals surface area contributed by atoms with Crippen LogP contribution < -0.4 is 0 Å². The molecule has 0 unspecified atom stereocenters. The van der Waals surface area contributed by atoms with Gasteiger partial charge in [0.05, 0.1) is 32.4 Å². The molecule has 1 aliphatic carbocycles. The van der Waals surface area contributed by atoms with Crippen LogP contribution in [0.15, 0.2) is 63.9 Å². The summed E-state index contributed by atoms with van der Waals surface area (Å²) < 4.78 is 10.7. The predicted molar refractivity (Wildman–Crippen MR) is 206 cm³/mol. The Morgan fingerprint density at radius 2 is 1.62 bits per heavy atom. The third kappa shape index (κ3) is 11.8. The second-order valence-electron chi connectivity index (χ2n) is 12.8. The molecule has 268 valence electrons. The van der Waals surface area contributed by atoms with Crippen molar-refractivity contribution < 1.29 is 18.7 Å². The van der Waals surface area contributed by atoms with E-state index in [9.17, 15) is 14.5 Å². The zero-order chi connectivity index (χ0) is 36.6. The standard InChI is InChI=1S/C31H31N3O3S.C6H14O.C4H8O/c1-18(29-16-25(17-37-29)31(35)34-36)14-26(22-8-6-5-7-9-22)19(2)23-10-12-27-24(15-23)11-13-28(33-27)30-20(3)32-21(4)38-30;1-3-5-7-6-4-2;1-3-4(2)5/h10-17,22H,5-9H2,1-4H3;3-6H2,1-2H3;3H2,1-2H3/b18-14+,26-19-;;. The third-order valence-electron chi connectivity index (χ3n) is 8.62. The molecule has 8 nitrogen and oxygen atoms in total. The summed E-state index contributed by atoms with van der Waals surface area (Å²) in [7, 11) is 0.